The summed E-state index contributed by atoms with van der Waals surface area (Å²) in [5.74, 6) is -0.150. The number of amides is 1. The number of halogens is 1. The van der Waals surface area contributed by atoms with E-state index in [1.807, 2.05) is 29.2 Å². The second-order valence-corrected chi connectivity index (χ2v) is 7.18. The number of fused-ring (bicyclic) bond motifs is 1. The molecule has 2 aromatic carbocycles. The zero-order valence-corrected chi connectivity index (χ0v) is 14.6. The van der Waals surface area contributed by atoms with Crippen molar-refractivity contribution in [1.82, 2.24) is 4.90 Å². The molecule has 2 nitrogen and oxygen atoms in total. The number of hydrogen-bond acceptors (Lipinski definition) is 2. The molecule has 0 unspecified atom stereocenters. The van der Waals surface area contributed by atoms with E-state index in [9.17, 15) is 9.18 Å². The highest BCUT2D eigenvalue weighted by Gasteiger charge is 2.24. The number of carbonyl (C=O) groups is 1. The summed E-state index contributed by atoms with van der Waals surface area (Å²) in [7, 11) is 0. The third-order valence-electron chi connectivity index (χ3n) is 4.69. The maximum absolute atomic E-state index is 13.8. The monoisotopic (exact) mass is 351 g/mol. The molecule has 0 aliphatic carbocycles. The predicted molar refractivity (Wildman–Crippen MR) is 99.5 cm³/mol. The zero-order valence-electron chi connectivity index (χ0n) is 13.7. The van der Waals surface area contributed by atoms with Gasteiger partial charge in [-0.2, -0.15) is 0 Å². The minimum Gasteiger partial charge on any atom is -0.338 e. The van der Waals surface area contributed by atoms with Gasteiger partial charge in [0, 0.05) is 23.5 Å². The Kier molecular flexibility index (Phi) is 4.36. The molecular weight excluding hydrogens is 333 g/mol. The molecule has 0 N–H and O–H groups in total. The molecule has 0 atom stereocenters. The summed E-state index contributed by atoms with van der Waals surface area (Å²) in [6.45, 7) is 1.24. The molecule has 1 aliphatic rings. The fourth-order valence-electron chi connectivity index (χ4n) is 3.30. The standard InChI is InChI=1S/C21H18FNOS/c22-19-5-2-1-4-15(19)9-11-23-12-10-16-14-17(20-6-3-13-25-20)7-8-18(16)21(23)24/h1-8,13-14H,9-12H2. The van der Waals surface area contributed by atoms with E-state index in [2.05, 4.69) is 17.5 Å². The Labute approximate surface area is 150 Å². The van der Waals surface area contributed by atoms with Gasteiger partial charge in [-0.15, -0.1) is 11.3 Å². The van der Waals surface area contributed by atoms with Crippen molar-refractivity contribution in [2.45, 2.75) is 12.8 Å². The van der Waals surface area contributed by atoms with Gasteiger partial charge in [0.25, 0.3) is 5.91 Å². The third-order valence-corrected chi connectivity index (χ3v) is 5.61. The average Bonchev–Trinajstić information content (AvgIpc) is 3.17. The Morgan fingerprint density at radius 1 is 1.08 bits per heavy atom. The highest BCUT2D eigenvalue weighted by molar-refractivity contribution is 7.13. The quantitative estimate of drug-likeness (QED) is 0.661. The second-order valence-electron chi connectivity index (χ2n) is 6.23. The van der Waals surface area contributed by atoms with Gasteiger partial charge >= 0.3 is 0 Å². The van der Waals surface area contributed by atoms with E-state index < -0.39 is 0 Å². The van der Waals surface area contributed by atoms with Crippen LogP contribution in [0.5, 0.6) is 0 Å². The van der Waals surface area contributed by atoms with E-state index in [4.69, 9.17) is 0 Å². The highest BCUT2D eigenvalue weighted by Crippen LogP contribution is 2.29. The van der Waals surface area contributed by atoms with Crippen LogP contribution in [0, 0.1) is 5.82 Å². The van der Waals surface area contributed by atoms with Crippen LogP contribution in [0.3, 0.4) is 0 Å². The number of benzene rings is 2. The fraction of sp³-hybridized carbons (Fsp3) is 0.190. The van der Waals surface area contributed by atoms with Gasteiger partial charge in [0.15, 0.2) is 0 Å². The van der Waals surface area contributed by atoms with Gasteiger partial charge in [-0.05, 0) is 59.2 Å². The number of thiophene rings is 1. The molecule has 0 bridgehead atoms. The molecule has 2 heterocycles. The van der Waals surface area contributed by atoms with Crippen LogP contribution in [-0.4, -0.2) is 23.9 Å². The van der Waals surface area contributed by atoms with Crippen LogP contribution in [0.2, 0.25) is 0 Å². The summed E-state index contributed by atoms with van der Waals surface area (Å²) >= 11 is 1.70. The van der Waals surface area contributed by atoms with Crippen molar-refractivity contribution in [2.75, 3.05) is 13.1 Å². The van der Waals surface area contributed by atoms with Crippen molar-refractivity contribution < 1.29 is 9.18 Å². The topological polar surface area (TPSA) is 20.3 Å². The molecule has 4 heteroatoms. The fourth-order valence-corrected chi connectivity index (χ4v) is 4.03. The van der Waals surface area contributed by atoms with Crippen molar-refractivity contribution in [3.05, 3.63) is 82.5 Å². The first-order chi connectivity index (χ1) is 12.2. The lowest BCUT2D eigenvalue weighted by molar-refractivity contribution is 0.0741. The molecule has 4 rings (SSSR count). The Bertz CT molecular complexity index is 904. The maximum atomic E-state index is 13.8. The maximum Gasteiger partial charge on any atom is 0.254 e. The van der Waals surface area contributed by atoms with E-state index in [0.717, 1.165) is 17.5 Å². The molecule has 126 valence electrons. The van der Waals surface area contributed by atoms with Crippen molar-refractivity contribution in [1.29, 1.82) is 0 Å². The molecule has 0 saturated heterocycles. The molecule has 0 fully saturated rings. The van der Waals surface area contributed by atoms with Gasteiger partial charge in [-0.3, -0.25) is 4.79 Å². The molecule has 0 radical (unpaired) electrons. The molecule has 3 aromatic rings. The number of rotatable bonds is 4. The van der Waals surface area contributed by atoms with Gasteiger partial charge in [0.2, 0.25) is 0 Å². The summed E-state index contributed by atoms with van der Waals surface area (Å²) in [4.78, 5) is 15.8. The Morgan fingerprint density at radius 2 is 1.96 bits per heavy atom. The normalized spacial score (nSPS) is 13.8. The first-order valence-electron chi connectivity index (χ1n) is 8.42. The average molecular weight is 351 g/mol. The first-order valence-corrected chi connectivity index (χ1v) is 9.30. The highest BCUT2D eigenvalue weighted by atomic mass is 32.1. The number of nitrogens with zero attached hydrogens (tertiary/aromatic N) is 1. The Balaban J connectivity index is 1.50. The molecule has 1 aliphatic heterocycles. The van der Waals surface area contributed by atoms with Crippen LogP contribution in [0.25, 0.3) is 10.4 Å². The smallest absolute Gasteiger partial charge is 0.254 e. The molecule has 25 heavy (non-hydrogen) atoms. The largest absolute Gasteiger partial charge is 0.338 e. The minimum atomic E-state index is -0.201. The van der Waals surface area contributed by atoms with Crippen LogP contribution in [0.15, 0.2) is 60.0 Å². The van der Waals surface area contributed by atoms with Crippen LogP contribution in [0.4, 0.5) is 4.39 Å². The van der Waals surface area contributed by atoms with E-state index >= 15 is 0 Å². The minimum absolute atomic E-state index is 0.0512. The van der Waals surface area contributed by atoms with E-state index in [1.165, 1.54) is 16.5 Å². The second kappa shape index (κ2) is 6.81. The lowest BCUT2D eigenvalue weighted by atomic mass is 9.96. The van der Waals surface area contributed by atoms with Gasteiger partial charge in [-0.1, -0.05) is 30.3 Å². The van der Waals surface area contributed by atoms with Crippen LogP contribution < -0.4 is 0 Å². The van der Waals surface area contributed by atoms with Crippen LogP contribution in [-0.2, 0) is 12.8 Å². The van der Waals surface area contributed by atoms with Gasteiger partial charge < -0.3 is 4.90 Å². The van der Waals surface area contributed by atoms with Gasteiger partial charge in [-0.25, -0.2) is 4.39 Å². The lowest BCUT2D eigenvalue weighted by Crippen LogP contribution is -2.38. The van der Waals surface area contributed by atoms with Gasteiger partial charge in [0.05, 0.1) is 0 Å². The predicted octanol–water partition coefficient (Wildman–Crippen LogP) is 4.80. The summed E-state index contributed by atoms with van der Waals surface area (Å²) in [5, 5.41) is 2.06. The SMILES string of the molecule is O=C1c2ccc(-c3cccs3)cc2CCN1CCc1ccccc1F. The van der Waals surface area contributed by atoms with E-state index in [-0.39, 0.29) is 11.7 Å². The number of hydrogen-bond donors (Lipinski definition) is 0. The zero-order chi connectivity index (χ0) is 17.2. The van der Waals surface area contributed by atoms with Crippen molar-refractivity contribution in [3.8, 4) is 10.4 Å². The summed E-state index contributed by atoms with van der Waals surface area (Å²) in [6, 6.07) is 17.0. The van der Waals surface area contributed by atoms with Gasteiger partial charge in [0.1, 0.15) is 5.82 Å². The van der Waals surface area contributed by atoms with Crippen molar-refractivity contribution >= 4 is 17.2 Å². The van der Waals surface area contributed by atoms with Crippen molar-refractivity contribution in [3.63, 3.8) is 0 Å². The molecular formula is C21H18FNOS. The Morgan fingerprint density at radius 3 is 2.76 bits per heavy atom. The van der Waals surface area contributed by atoms with E-state index in [1.54, 1.807) is 23.5 Å². The molecule has 1 amide bonds. The van der Waals surface area contributed by atoms with Crippen LogP contribution >= 0.6 is 11.3 Å². The molecule has 0 spiro atoms. The first kappa shape index (κ1) is 16.0. The third kappa shape index (κ3) is 3.22. The Hall–Kier alpha value is -2.46. The summed E-state index contributed by atoms with van der Waals surface area (Å²) in [5.41, 5.74) is 3.72. The molecule has 0 saturated carbocycles. The number of carbonyl (C=O) groups excluding carboxylic acids is 1. The van der Waals surface area contributed by atoms with E-state index in [0.29, 0.717) is 25.1 Å². The summed E-state index contributed by atoms with van der Waals surface area (Å²) in [6.07, 6.45) is 1.39. The van der Waals surface area contributed by atoms with Crippen molar-refractivity contribution in [2.24, 2.45) is 0 Å². The lowest BCUT2D eigenvalue weighted by Gasteiger charge is -2.29. The summed E-state index contributed by atoms with van der Waals surface area (Å²) < 4.78 is 13.8. The molecule has 1 aromatic heterocycles. The van der Waals surface area contributed by atoms with Crippen LogP contribution in [0.1, 0.15) is 21.5 Å².